The predicted octanol–water partition coefficient (Wildman–Crippen LogP) is 5.46. The largest absolute Gasteiger partial charge is 0.319 e. The predicted molar refractivity (Wildman–Crippen MR) is 122 cm³/mol. The first kappa shape index (κ1) is 20.3. The van der Waals surface area contributed by atoms with Gasteiger partial charge in [-0.25, -0.2) is 18.7 Å². The zero-order valence-corrected chi connectivity index (χ0v) is 18.1. The first-order valence-corrected chi connectivity index (χ1v) is 10.8. The SMILES string of the molecule is Cc1ncsc1-c1nc(C)c(-c2ccccc2)n1Cc1cc(=O)[nH]c2c(F)c(F)ccc12. The van der Waals surface area contributed by atoms with Crippen LogP contribution in [0.1, 0.15) is 17.0 Å². The van der Waals surface area contributed by atoms with Gasteiger partial charge in [-0.1, -0.05) is 30.3 Å². The van der Waals surface area contributed by atoms with Gasteiger partial charge in [0.05, 0.1) is 39.5 Å². The lowest BCUT2D eigenvalue weighted by molar-refractivity contribution is 0.515. The first-order valence-electron chi connectivity index (χ1n) is 9.97. The Morgan fingerprint density at radius 1 is 1.06 bits per heavy atom. The van der Waals surface area contributed by atoms with Gasteiger partial charge in [0.1, 0.15) is 0 Å². The van der Waals surface area contributed by atoms with E-state index in [9.17, 15) is 13.6 Å². The fourth-order valence-corrected chi connectivity index (χ4v) is 4.82. The van der Waals surface area contributed by atoms with E-state index in [1.807, 2.05) is 48.7 Å². The third kappa shape index (κ3) is 3.33. The molecule has 160 valence electrons. The van der Waals surface area contributed by atoms with E-state index < -0.39 is 17.2 Å². The number of hydrogen-bond acceptors (Lipinski definition) is 4. The van der Waals surface area contributed by atoms with Gasteiger partial charge in [-0.05, 0) is 31.5 Å². The average Bonchev–Trinajstić information content (AvgIpc) is 3.34. The van der Waals surface area contributed by atoms with Crippen molar-refractivity contribution < 1.29 is 8.78 Å². The molecule has 5 aromatic rings. The monoisotopic (exact) mass is 448 g/mol. The highest BCUT2D eigenvalue weighted by Crippen LogP contribution is 2.34. The summed E-state index contributed by atoms with van der Waals surface area (Å²) in [6.07, 6.45) is 0. The molecule has 0 aliphatic carbocycles. The number of fused-ring (bicyclic) bond motifs is 1. The molecule has 0 amide bonds. The number of aromatic nitrogens is 4. The van der Waals surface area contributed by atoms with Gasteiger partial charge in [-0.15, -0.1) is 11.3 Å². The number of benzene rings is 2. The number of nitrogens with zero attached hydrogens (tertiary/aromatic N) is 3. The van der Waals surface area contributed by atoms with Crippen molar-refractivity contribution in [2.24, 2.45) is 0 Å². The van der Waals surface area contributed by atoms with Gasteiger partial charge in [0, 0.05) is 17.0 Å². The number of aromatic amines is 1. The fraction of sp³-hybridized carbons (Fsp3) is 0.125. The van der Waals surface area contributed by atoms with Crippen LogP contribution in [-0.2, 0) is 6.54 Å². The zero-order chi connectivity index (χ0) is 22.4. The van der Waals surface area contributed by atoms with E-state index in [1.54, 1.807) is 5.51 Å². The van der Waals surface area contributed by atoms with Crippen molar-refractivity contribution in [2.45, 2.75) is 20.4 Å². The van der Waals surface area contributed by atoms with Crippen molar-refractivity contribution in [2.75, 3.05) is 0 Å². The number of nitrogens with one attached hydrogen (secondary N) is 1. The summed E-state index contributed by atoms with van der Waals surface area (Å²) in [4.78, 5) is 24.8. The molecule has 1 N–H and O–H groups in total. The highest BCUT2D eigenvalue weighted by molar-refractivity contribution is 7.13. The molecule has 3 heterocycles. The molecular weight excluding hydrogens is 430 g/mol. The third-order valence-corrected chi connectivity index (χ3v) is 6.39. The molecule has 0 atom stereocenters. The number of hydrogen-bond donors (Lipinski definition) is 1. The van der Waals surface area contributed by atoms with Gasteiger partial charge >= 0.3 is 0 Å². The molecule has 0 unspecified atom stereocenters. The maximum absolute atomic E-state index is 14.4. The van der Waals surface area contributed by atoms with E-state index in [1.165, 1.54) is 23.5 Å². The second-order valence-corrected chi connectivity index (χ2v) is 8.39. The lowest BCUT2D eigenvalue weighted by Crippen LogP contribution is -2.12. The van der Waals surface area contributed by atoms with Crippen LogP contribution in [-0.4, -0.2) is 19.5 Å². The Bertz CT molecular complexity index is 1520. The van der Waals surface area contributed by atoms with E-state index in [0.29, 0.717) is 10.9 Å². The lowest BCUT2D eigenvalue weighted by Gasteiger charge is -2.14. The zero-order valence-electron chi connectivity index (χ0n) is 17.3. The molecular formula is C24H18F2N4OS. The van der Waals surface area contributed by atoms with E-state index in [-0.39, 0.29) is 12.1 Å². The number of pyridine rings is 1. The lowest BCUT2D eigenvalue weighted by atomic mass is 10.1. The minimum Gasteiger partial charge on any atom is -0.319 e. The minimum absolute atomic E-state index is 0.138. The van der Waals surface area contributed by atoms with Crippen LogP contribution >= 0.6 is 11.3 Å². The Labute approximate surface area is 186 Å². The quantitative estimate of drug-likeness (QED) is 0.397. The molecule has 0 spiro atoms. The molecule has 0 aliphatic rings. The van der Waals surface area contributed by atoms with E-state index in [4.69, 9.17) is 4.98 Å². The van der Waals surface area contributed by atoms with Gasteiger partial charge in [0.15, 0.2) is 17.5 Å². The Balaban J connectivity index is 1.78. The minimum atomic E-state index is -1.06. The Kier molecular flexibility index (Phi) is 4.94. The van der Waals surface area contributed by atoms with E-state index >= 15 is 0 Å². The average molecular weight is 448 g/mol. The highest BCUT2D eigenvalue weighted by atomic mass is 32.1. The molecule has 0 saturated heterocycles. The van der Waals surface area contributed by atoms with E-state index in [0.717, 1.165) is 39.4 Å². The van der Waals surface area contributed by atoms with Crippen molar-refractivity contribution in [1.29, 1.82) is 0 Å². The van der Waals surface area contributed by atoms with Crippen LogP contribution in [0.4, 0.5) is 8.78 Å². The number of rotatable bonds is 4. The second-order valence-electron chi connectivity index (χ2n) is 7.53. The van der Waals surface area contributed by atoms with Gasteiger partial charge < -0.3 is 9.55 Å². The fourth-order valence-electron chi connectivity index (χ4n) is 4.01. The normalized spacial score (nSPS) is 11.4. The van der Waals surface area contributed by atoms with Crippen molar-refractivity contribution >= 4 is 22.2 Å². The summed E-state index contributed by atoms with van der Waals surface area (Å²) < 4.78 is 30.2. The van der Waals surface area contributed by atoms with Crippen LogP contribution in [0, 0.1) is 25.5 Å². The number of H-pyrrole nitrogens is 1. The summed E-state index contributed by atoms with van der Waals surface area (Å²) in [6.45, 7) is 4.11. The molecule has 3 aromatic heterocycles. The maximum atomic E-state index is 14.4. The van der Waals surface area contributed by atoms with Crippen LogP contribution in [0.15, 0.2) is 58.8 Å². The summed E-state index contributed by atoms with van der Waals surface area (Å²) >= 11 is 1.48. The summed E-state index contributed by atoms with van der Waals surface area (Å²) in [5.41, 5.74) is 5.24. The molecule has 0 saturated carbocycles. The van der Waals surface area contributed by atoms with Crippen LogP contribution in [0.3, 0.4) is 0 Å². The standard InChI is InChI=1S/C24H18F2N4OS/c1-13-22(15-6-4-3-5-7-15)30(24(28-13)23-14(2)27-12-32-23)11-16-10-19(31)29-21-17(16)8-9-18(25)20(21)26/h3-10,12H,11H2,1-2H3,(H,29,31). The topological polar surface area (TPSA) is 63.6 Å². The highest BCUT2D eigenvalue weighted by Gasteiger charge is 2.21. The molecule has 0 aliphatic heterocycles. The maximum Gasteiger partial charge on any atom is 0.248 e. The molecule has 5 nitrogen and oxygen atoms in total. The molecule has 0 radical (unpaired) electrons. The van der Waals surface area contributed by atoms with Crippen molar-refractivity contribution in [3.63, 3.8) is 0 Å². The molecule has 2 aromatic carbocycles. The summed E-state index contributed by atoms with van der Waals surface area (Å²) in [5.74, 6) is -1.35. The van der Waals surface area contributed by atoms with Gasteiger partial charge in [-0.2, -0.15) is 0 Å². The van der Waals surface area contributed by atoms with Crippen LogP contribution < -0.4 is 5.56 Å². The van der Waals surface area contributed by atoms with E-state index in [2.05, 4.69) is 9.97 Å². The Morgan fingerprint density at radius 2 is 1.84 bits per heavy atom. The molecule has 32 heavy (non-hydrogen) atoms. The number of halogens is 2. The number of thiazole rings is 1. The smallest absolute Gasteiger partial charge is 0.248 e. The Morgan fingerprint density at radius 3 is 2.56 bits per heavy atom. The summed E-state index contributed by atoms with van der Waals surface area (Å²) in [5, 5.41) is 0.445. The summed E-state index contributed by atoms with van der Waals surface area (Å²) in [6, 6.07) is 13.8. The van der Waals surface area contributed by atoms with Crippen LogP contribution in [0.5, 0.6) is 0 Å². The molecule has 0 fully saturated rings. The summed E-state index contributed by atoms with van der Waals surface area (Å²) in [7, 11) is 0. The van der Waals surface area contributed by atoms with Gasteiger partial charge in [0.25, 0.3) is 0 Å². The van der Waals surface area contributed by atoms with Crippen LogP contribution in [0.25, 0.3) is 32.9 Å². The van der Waals surface area contributed by atoms with Gasteiger partial charge in [-0.3, -0.25) is 4.79 Å². The Hall–Kier alpha value is -3.65. The molecule has 5 rings (SSSR count). The van der Waals surface area contributed by atoms with Gasteiger partial charge in [0.2, 0.25) is 5.56 Å². The second kappa shape index (κ2) is 7.80. The molecule has 0 bridgehead atoms. The number of aryl methyl sites for hydroxylation is 2. The third-order valence-electron chi connectivity index (χ3n) is 5.46. The van der Waals surface area contributed by atoms with Crippen molar-refractivity contribution in [3.05, 3.63) is 93.0 Å². The molecule has 8 heteroatoms. The number of imidazole rings is 1. The van der Waals surface area contributed by atoms with Crippen molar-refractivity contribution in [1.82, 2.24) is 19.5 Å². The first-order chi connectivity index (χ1) is 15.4. The van der Waals surface area contributed by atoms with Crippen molar-refractivity contribution in [3.8, 4) is 22.0 Å². The van der Waals surface area contributed by atoms with Crippen LogP contribution in [0.2, 0.25) is 0 Å².